The first-order valence-corrected chi connectivity index (χ1v) is 5.19. The van der Waals surface area contributed by atoms with Crippen molar-refractivity contribution >= 4 is 12.4 Å². The van der Waals surface area contributed by atoms with E-state index < -0.39 is 5.97 Å². The number of carbonyl (C=O) groups is 2. The zero-order valence-electron chi connectivity index (χ0n) is 8.73. The molecule has 1 N–H and O–H groups in total. The van der Waals surface area contributed by atoms with Gasteiger partial charge in [0.15, 0.2) is 0 Å². The lowest BCUT2D eigenvalue weighted by Gasteiger charge is -2.05. The maximum atomic E-state index is 10.5. The maximum Gasteiger partial charge on any atom is 0.207 e. The summed E-state index contributed by atoms with van der Waals surface area (Å²) in [6, 6.07) is 5.76. The minimum Gasteiger partial charge on any atom is -0.550 e. The number of amides is 1. The van der Waals surface area contributed by atoms with Crippen LogP contribution in [-0.4, -0.2) is 18.4 Å². The second-order valence-electron chi connectivity index (χ2n) is 4.04. The van der Waals surface area contributed by atoms with E-state index in [2.05, 4.69) is 5.32 Å². The predicted octanol–water partition coefficient (Wildman–Crippen LogP) is -0.808. The van der Waals surface area contributed by atoms with Gasteiger partial charge in [-0.3, -0.25) is 4.79 Å². The van der Waals surface area contributed by atoms with Crippen LogP contribution in [0.3, 0.4) is 0 Å². The Balaban J connectivity index is 2.14. The van der Waals surface area contributed by atoms with E-state index >= 15 is 0 Å². The van der Waals surface area contributed by atoms with Crippen molar-refractivity contribution in [2.24, 2.45) is 0 Å². The largest absolute Gasteiger partial charge is 0.550 e. The zero-order valence-corrected chi connectivity index (χ0v) is 8.73. The smallest absolute Gasteiger partial charge is 0.207 e. The van der Waals surface area contributed by atoms with Gasteiger partial charge >= 0.3 is 0 Å². The van der Waals surface area contributed by atoms with E-state index in [0.29, 0.717) is 6.41 Å². The lowest BCUT2D eigenvalue weighted by atomic mass is 10.0. The number of hydrogen-bond donors (Lipinski definition) is 1. The highest BCUT2D eigenvalue weighted by atomic mass is 16.4. The molecule has 16 heavy (non-hydrogen) atoms. The van der Waals surface area contributed by atoms with Crippen LogP contribution < -0.4 is 10.4 Å². The Labute approximate surface area is 93.3 Å². The van der Waals surface area contributed by atoms with E-state index in [0.717, 1.165) is 24.0 Å². The Hall–Kier alpha value is -1.84. The fraction of sp³-hybridized carbons (Fsp3) is 0.333. The molecule has 4 nitrogen and oxygen atoms in total. The van der Waals surface area contributed by atoms with Crippen molar-refractivity contribution in [2.75, 3.05) is 0 Å². The number of carbonyl (C=O) groups excluding carboxylic acids is 2. The number of fused-ring (bicyclic) bond motifs is 1. The van der Waals surface area contributed by atoms with Crippen molar-refractivity contribution in [3.63, 3.8) is 0 Å². The van der Waals surface area contributed by atoms with E-state index in [1.807, 2.05) is 12.1 Å². The zero-order chi connectivity index (χ0) is 11.5. The number of carboxylic acids is 1. The molecule has 2 rings (SSSR count). The summed E-state index contributed by atoms with van der Waals surface area (Å²) in [7, 11) is 0. The molecule has 0 heterocycles. The third-order valence-electron chi connectivity index (χ3n) is 2.86. The lowest BCUT2D eigenvalue weighted by Crippen LogP contribution is -2.27. The quantitative estimate of drug-likeness (QED) is 0.672. The van der Waals surface area contributed by atoms with Crippen LogP contribution in [0, 0.1) is 0 Å². The SMILES string of the molecule is O=CNC1Cc2ccc(CC(=O)[O-])cc2C1. The molecule has 1 aliphatic rings. The van der Waals surface area contributed by atoms with Crippen LogP contribution in [0.1, 0.15) is 16.7 Å². The van der Waals surface area contributed by atoms with Gasteiger partial charge in [-0.25, -0.2) is 0 Å². The van der Waals surface area contributed by atoms with E-state index in [1.54, 1.807) is 6.07 Å². The molecule has 0 fully saturated rings. The molecule has 0 saturated heterocycles. The molecule has 84 valence electrons. The highest BCUT2D eigenvalue weighted by Gasteiger charge is 2.20. The lowest BCUT2D eigenvalue weighted by molar-refractivity contribution is -0.304. The molecule has 0 aliphatic heterocycles. The Morgan fingerprint density at radius 3 is 2.88 bits per heavy atom. The summed E-state index contributed by atoms with van der Waals surface area (Å²) in [4.78, 5) is 20.8. The van der Waals surface area contributed by atoms with E-state index in [-0.39, 0.29) is 12.5 Å². The molecule has 0 bridgehead atoms. The average molecular weight is 218 g/mol. The van der Waals surface area contributed by atoms with Gasteiger partial charge in [-0.2, -0.15) is 0 Å². The molecule has 0 saturated carbocycles. The van der Waals surface area contributed by atoms with Gasteiger partial charge in [0.1, 0.15) is 0 Å². The maximum absolute atomic E-state index is 10.5. The van der Waals surface area contributed by atoms with Crippen molar-refractivity contribution < 1.29 is 14.7 Å². The normalized spacial score (nSPS) is 17.9. The van der Waals surface area contributed by atoms with Crippen LogP contribution >= 0.6 is 0 Å². The molecule has 1 aromatic rings. The van der Waals surface area contributed by atoms with Gasteiger partial charge in [-0.1, -0.05) is 18.2 Å². The van der Waals surface area contributed by atoms with Gasteiger partial charge in [0, 0.05) is 18.4 Å². The first-order valence-electron chi connectivity index (χ1n) is 5.19. The van der Waals surface area contributed by atoms with Gasteiger partial charge in [0.05, 0.1) is 0 Å². The van der Waals surface area contributed by atoms with Gasteiger partial charge < -0.3 is 15.2 Å². The molecule has 1 aromatic carbocycles. The summed E-state index contributed by atoms with van der Waals surface area (Å²) >= 11 is 0. The number of hydrogen-bond acceptors (Lipinski definition) is 3. The standard InChI is InChI=1S/C12H13NO3/c14-7-13-11-5-9-2-1-8(4-12(15)16)3-10(9)6-11/h1-3,7,11H,4-6H2,(H,13,14)(H,15,16)/p-1. The third kappa shape index (κ3) is 2.21. The average Bonchev–Trinajstić information content (AvgIpc) is 2.59. The molecule has 1 unspecified atom stereocenters. The van der Waals surface area contributed by atoms with Crippen LogP contribution in [0.15, 0.2) is 18.2 Å². The third-order valence-corrected chi connectivity index (χ3v) is 2.86. The van der Waals surface area contributed by atoms with Crippen molar-refractivity contribution in [3.8, 4) is 0 Å². The van der Waals surface area contributed by atoms with Crippen LogP contribution in [-0.2, 0) is 28.9 Å². The Morgan fingerprint density at radius 1 is 1.44 bits per heavy atom. The fourth-order valence-electron chi connectivity index (χ4n) is 2.16. The highest BCUT2D eigenvalue weighted by molar-refractivity contribution is 5.68. The molecular weight excluding hydrogens is 206 g/mol. The molecule has 1 amide bonds. The Morgan fingerprint density at radius 2 is 2.19 bits per heavy atom. The van der Waals surface area contributed by atoms with Gasteiger partial charge in [-0.15, -0.1) is 0 Å². The molecule has 0 radical (unpaired) electrons. The molecule has 0 spiro atoms. The summed E-state index contributed by atoms with van der Waals surface area (Å²) in [6.07, 6.45) is 2.24. The second kappa shape index (κ2) is 4.35. The number of carboxylic acid groups (broad SMARTS) is 1. The summed E-state index contributed by atoms with van der Waals surface area (Å²) in [5.74, 6) is -1.07. The van der Waals surface area contributed by atoms with Crippen molar-refractivity contribution in [2.45, 2.75) is 25.3 Å². The number of benzene rings is 1. The first kappa shape index (κ1) is 10.7. The summed E-state index contributed by atoms with van der Waals surface area (Å²) < 4.78 is 0. The molecule has 4 heteroatoms. The predicted molar refractivity (Wildman–Crippen MR) is 55.5 cm³/mol. The van der Waals surface area contributed by atoms with E-state index in [9.17, 15) is 14.7 Å². The molecular formula is C12H12NO3-. The van der Waals surface area contributed by atoms with Crippen molar-refractivity contribution in [3.05, 3.63) is 34.9 Å². The van der Waals surface area contributed by atoms with E-state index in [1.165, 1.54) is 5.56 Å². The second-order valence-corrected chi connectivity index (χ2v) is 4.04. The van der Waals surface area contributed by atoms with Gasteiger partial charge in [0.25, 0.3) is 0 Å². The highest BCUT2D eigenvalue weighted by Crippen LogP contribution is 2.23. The minimum absolute atomic E-state index is 0.0565. The first-order chi connectivity index (χ1) is 7.69. The van der Waals surface area contributed by atoms with Gasteiger partial charge in [-0.05, 0) is 29.5 Å². The summed E-state index contributed by atoms with van der Waals surface area (Å²) in [5, 5.41) is 13.2. The number of nitrogens with one attached hydrogen (secondary N) is 1. The van der Waals surface area contributed by atoms with E-state index in [4.69, 9.17) is 0 Å². The van der Waals surface area contributed by atoms with Crippen molar-refractivity contribution in [1.29, 1.82) is 0 Å². The van der Waals surface area contributed by atoms with Crippen molar-refractivity contribution in [1.82, 2.24) is 5.32 Å². The van der Waals surface area contributed by atoms with Crippen LogP contribution in [0.25, 0.3) is 0 Å². The van der Waals surface area contributed by atoms with Crippen LogP contribution in [0.4, 0.5) is 0 Å². The molecule has 1 atom stereocenters. The van der Waals surface area contributed by atoms with Gasteiger partial charge in [0.2, 0.25) is 6.41 Å². The Kier molecular flexibility index (Phi) is 2.90. The summed E-state index contributed by atoms with van der Waals surface area (Å²) in [5.41, 5.74) is 3.06. The monoisotopic (exact) mass is 218 g/mol. The number of aliphatic carboxylic acids is 1. The number of rotatable bonds is 4. The Bertz CT molecular complexity index is 428. The minimum atomic E-state index is -1.07. The topological polar surface area (TPSA) is 69.2 Å². The molecule has 0 aromatic heterocycles. The van der Waals surface area contributed by atoms with Crippen LogP contribution in [0.5, 0.6) is 0 Å². The fourth-order valence-corrected chi connectivity index (χ4v) is 2.16. The summed E-state index contributed by atoms with van der Waals surface area (Å²) in [6.45, 7) is 0. The van der Waals surface area contributed by atoms with Crippen LogP contribution in [0.2, 0.25) is 0 Å². The molecule has 1 aliphatic carbocycles.